The second-order valence-corrected chi connectivity index (χ2v) is 9.92. The number of para-hydroxylation sites is 1. The zero-order chi connectivity index (χ0) is 25.6. The molecule has 2 aliphatic heterocycles. The van der Waals surface area contributed by atoms with E-state index >= 15 is 0 Å². The van der Waals surface area contributed by atoms with Crippen LogP contribution < -0.4 is 14.5 Å². The topological polar surface area (TPSA) is 84.0 Å². The van der Waals surface area contributed by atoms with Crippen LogP contribution in [0.5, 0.6) is 5.75 Å². The zero-order valence-corrected chi connectivity index (χ0v) is 20.8. The minimum absolute atomic E-state index is 0.0173. The van der Waals surface area contributed by atoms with Crippen molar-refractivity contribution < 1.29 is 23.9 Å². The van der Waals surface area contributed by atoms with Crippen molar-refractivity contribution in [2.75, 3.05) is 16.3 Å². The van der Waals surface area contributed by atoms with Gasteiger partial charge in [-0.05, 0) is 61.1 Å². The van der Waals surface area contributed by atoms with Crippen LogP contribution >= 0.6 is 0 Å². The van der Waals surface area contributed by atoms with Gasteiger partial charge in [-0.15, -0.1) is 0 Å². The molecule has 5 rings (SSSR count). The van der Waals surface area contributed by atoms with Gasteiger partial charge in [0.15, 0.2) is 0 Å². The largest absolute Gasteiger partial charge is 0.426 e. The smallest absolute Gasteiger partial charge is 0.316 e. The van der Waals surface area contributed by atoms with Gasteiger partial charge < -0.3 is 9.64 Å². The highest BCUT2D eigenvalue weighted by molar-refractivity contribution is 6.22. The van der Waals surface area contributed by atoms with Crippen molar-refractivity contribution in [1.82, 2.24) is 0 Å². The van der Waals surface area contributed by atoms with E-state index in [0.717, 1.165) is 17.7 Å². The van der Waals surface area contributed by atoms with Crippen molar-refractivity contribution in [3.05, 3.63) is 65.7 Å². The van der Waals surface area contributed by atoms with Crippen molar-refractivity contribution in [3.8, 4) is 5.75 Å². The summed E-state index contributed by atoms with van der Waals surface area (Å²) in [6.07, 6.45) is 5.44. The summed E-state index contributed by atoms with van der Waals surface area (Å²) < 4.78 is 5.64. The molecule has 2 aromatic carbocycles. The molecule has 0 N–H and O–H groups in total. The molecule has 0 spiro atoms. The first kappa shape index (κ1) is 24.0. The first-order valence-corrected chi connectivity index (χ1v) is 12.5. The number of nitrogens with zero attached hydrogens (tertiary/aromatic N) is 2. The SMILES string of the molecule is CCc1ccccc1N1C[C@H](C(=O)Oc2ccc(N3C(=O)[C@@H]4[C@H](C)C=CC[C@H]4C3=O)c(C)c2)CC1=O. The van der Waals surface area contributed by atoms with E-state index in [-0.39, 0.29) is 48.4 Å². The predicted octanol–water partition coefficient (Wildman–Crippen LogP) is 4.22. The van der Waals surface area contributed by atoms with Crippen LogP contribution in [-0.4, -0.2) is 30.2 Å². The molecule has 3 amide bonds. The van der Waals surface area contributed by atoms with Crippen LogP contribution in [0.25, 0.3) is 0 Å². The molecular formula is C29H30N2O5. The molecule has 186 valence electrons. The summed E-state index contributed by atoms with van der Waals surface area (Å²) in [4.78, 5) is 54.8. The third-order valence-corrected chi connectivity index (χ3v) is 7.62. The monoisotopic (exact) mass is 486 g/mol. The number of carbonyl (C=O) groups is 4. The third-order valence-electron chi connectivity index (χ3n) is 7.62. The van der Waals surface area contributed by atoms with Gasteiger partial charge in [-0.2, -0.15) is 0 Å². The Hall–Kier alpha value is -3.74. The number of allylic oxidation sites excluding steroid dienone is 2. The van der Waals surface area contributed by atoms with Crippen molar-refractivity contribution in [2.45, 2.75) is 40.0 Å². The molecule has 0 unspecified atom stereocenters. The van der Waals surface area contributed by atoms with Gasteiger partial charge in [0.2, 0.25) is 17.7 Å². The normalized spacial score (nSPS) is 25.5. The molecule has 2 aromatic rings. The van der Waals surface area contributed by atoms with Gasteiger partial charge in [-0.3, -0.25) is 19.2 Å². The Morgan fingerprint density at radius 2 is 1.83 bits per heavy atom. The molecule has 7 heteroatoms. The van der Waals surface area contributed by atoms with Crippen molar-refractivity contribution in [3.63, 3.8) is 0 Å². The minimum Gasteiger partial charge on any atom is -0.426 e. The molecule has 4 atom stereocenters. The fourth-order valence-electron chi connectivity index (χ4n) is 5.70. The van der Waals surface area contributed by atoms with Crippen molar-refractivity contribution in [2.24, 2.45) is 23.7 Å². The molecule has 7 nitrogen and oxygen atoms in total. The Morgan fingerprint density at radius 1 is 1.06 bits per heavy atom. The summed E-state index contributed by atoms with van der Waals surface area (Å²) in [6.45, 7) is 6.07. The summed E-state index contributed by atoms with van der Waals surface area (Å²) >= 11 is 0. The average Bonchev–Trinajstić information content (AvgIpc) is 3.37. The lowest BCUT2D eigenvalue weighted by molar-refractivity contribution is -0.139. The van der Waals surface area contributed by atoms with Crippen molar-refractivity contribution in [1.29, 1.82) is 0 Å². The molecule has 0 aromatic heterocycles. The van der Waals surface area contributed by atoms with Crippen molar-refractivity contribution >= 4 is 35.1 Å². The number of esters is 1. The Kier molecular flexibility index (Phi) is 6.24. The standard InChI is InChI=1S/C29H30N2O5/c1-4-19-9-5-6-11-24(19)30-16-20(15-25(30)32)29(35)36-21-12-13-23(18(3)14-21)31-27(33)22-10-7-8-17(2)26(22)28(31)34/h5-9,11-14,17,20,22,26H,4,10,15-16H2,1-3H3/t17-,20-,22-,26-/m1/s1. The van der Waals surface area contributed by atoms with Gasteiger partial charge in [-0.25, -0.2) is 4.90 Å². The van der Waals surface area contributed by atoms with Gasteiger partial charge >= 0.3 is 5.97 Å². The molecule has 0 radical (unpaired) electrons. The van der Waals surface area contributed by atoms with E-state index in [1.54, 1.807) is 30.0 Å². The maximum Gasteiger partial charge on any atom is 0.316 e. The van der Waals surface area contributed by atoms with E-state index in [2.05, 4.69) is 0 Å². The number of aryl methyl sites for hydroxylation is 2. The highest BCUT2D eigenvalue weighted by Crippen LogP contribution is 2.41. The third kappa shape index (κ3) is 4.02. The maximum atomic E-state index is 13.1. The number of carbonyl (C=O) groups excluding carboxylic acids is 4. The molecule has 36 heavy (non-hydrogen) atoms. The van der Waals surface area contributed by atoms with Crippen LogP contribution in [0.2, 0.25) is 0 Å². The first-order valence-electron chi connectivity index (χ1n) is 12.5. The molecular weight excluding hydrogens is 456 g/mol. The Morgan fingerprint density at radius 3 is 2.56 bits per heavy atom. The number of ether oxygens (including phenoxy) is 1. The average molecular weight is 487 g/mol. The summed E-state index contributed by atoms with van der Waals surface area (Å²) in [5.74, 6) is -1.79. The lowest BCUT2D eigenvalue weighted by Crippen LogP contribution is -2.32. The second kappa shape index (κ2) is 9.37. The number of rotatable bonds is 5. The molecule has 2 saturated heterocycles. The zero-order valence-electron chi connectivity index (χ0n) is 20.8. The van der Waals surface area contributed by atoms with E-state index in [4.69, 9.17) is 4.74 Å². The number of imide groups is 1. The lowest BCUT2D eigenvalue weighted by atomic mass is 9.78. The van der Waals surface area contributed by atoms with Crippen LogP contribution in [-0.2, 0) is 25.6 Å². The summed E-state index contributed by atoms with van der Waals surface area (Å²) in [5.41, 5.74) is 3.08. The molecule has 0 bridgehead atoms. The Balaban J connectivity index is 1.29. The van der Waals surface area contributed by atoms with Gasteiger partial charge in [-0.1, -0.05) is 44.2 Å². The van der Waals surface area contributed by atoms with Gasteiger partial charge in [0.25, 0.3) is 0 Å². The molecule has 2 heterocycles. The number of hydrogen-bond donors (Lipinski definition) is 0. The molecule has 1 aliphatic carbocycles. The Labute approximate surface area is 210 Å². The number of amides is 3. The van der Waals surface area contributed by atoms with E-state index < -0.39 is 11.9 Å². The summed E-state index contributed by atoms with van der Waals surface area (Å²) in [5, 5.41) is 0. The first-order chi connectivity index (χ1) is 17.3. The van der Waals surface area contributed by atoms with Crippen LogP contribution in [0.3, 0.4) is 0 Å². The van der Waals surface area contributed by atoms with Crippen LogP contribution in [0.15, 0.2) is 54.6 Å². The number of hydrogen-bond acceptors (Lipinski definition) is 5. The minimum atomic E-state index is -0.568. The second-order valence-electron chi connectivity index (χ2n) is 9.92. The molecule has 0 saturated carbocycles. The fraction of sp³-hybridized carbons (Fsp3) is 0.379. The van der Waals surface area contributed by atoms with Gasteiger partial charge in [0.05, 0.1) is 23.4 Å². The molecule has 3 aliphatic rings. The lowest BCUT2D eigenvalue weighted by Gasteiger charge is -2.22. The predicted molar refractivity (Wildman–Crippen MR) is 135 cm³/mol. The molecule has 2 fully saturated rings. The Bertz CT molecular complexity index is 1280. The quantitative estimate of drug-likeness (QED) is 0.274. The fourth-order valence-corrected chi connectivity index (χ4v) is 5.70. The number of benzene rings is 2. The van der Waals surface area contributed by atoms with E-state index in [9.17, 15) is 19.2 Å². The van der Waals surface area contributed by atoms with Crippen LogP contribution in [0, 0.1) is 30.6 Å². The maximum absolute atomic E-state index is 13.1. The highest BCUT2D eigenvalue weighted by Gasteiger charge is 2.50. The summed E-state index contributed by atoms with van der Waals surface area (Å²) in [7, 11) is 0. The highest BCUT2D eigenvalue weighted by atomic mass is 16.5. The van der Waals surface area contributed by atoms with E-state index in [0.29, 0.717) is 23.4 Å². The van der Waals surface area contributed by atoms with Gasteiger partial charge in [0.1, 0.15) is 5.75 Å². The van der Waals surface area contributed by atoms with Gasteiger partial charge in [0, 0.05) is 18.7 Å². The van der Waals surface area contributed by atoms with E-state index in [1.807, 2.05) is 50.3 Å². The number of anilines is 2. The summed E-state index contributed by atoms with van der Waals surface area (Å²) in [6, 6.07) is 12.6. The van der Waals surface area contributed by atoms with Crippen LogP contribution in [0.4, 0.5) is 11.4 Å². The van der Waals surface area contributed by atoms with Crippen LogP contribution in [0.1, 0.15) is 37.8 Å². The van der Waals surface area contributed by atoms with E-state index in [1.165, 1.54) is 4.90 Å². The number of fused-ring (bicyclic) bond motifs is 1.